The molecule has 6 heteroatoms. The van der Waals surface area contributed by atoms with E-state index < -0.39 is 0 Å². The third-order valence-electron chi connectivity index (χ3n) is 5.45. The zero-order chi connectivity index (χ0) is 20.9. The van der Waals surface area contributed by atoms with Crippen LogP contribution in [0.15, 0.2) is 71.5 Å². The molecule has 6 nitrogen and oxygen atoms in total. The van der Waals surface area contributed by atoms with Gasteiger partial charge in [-0.15, -0.1) is 0 Å². The lowest BCUT2D eigenvalue weighted by atomic mass is 10.1. The number of rotatable bonds is 4. The van der Waals surface area contributed by atoms with E-state index in [9.17, 15) is 9.59 Å². The first kappa shape index (κ1) is 19.8. The van der Waals surface area contributed by atoms with Crippen LogP contribution in [0, 0.1) is 0 Å². The predicted octanol–water partition coefficient (Wildman–Crippen LogP) is 3.40. The molecule has 0 atom stereocenters. The molecule has 1 amide bonds. The standard InChI is InChI=1S/C24H25N3O3/c1-30-20-10-8-19(9-11-20)26-14-5-15-27(17-16-26)24(29)21-12-13-22(25-23(21)28)18-6-3-2-4-7-18/h2-4,6-13H,5,14-17H2,1H3,(H,25,28). The van der Waals surface area contributed by atoms with Gasteiger partial charge in [0.25, 0.3) is 11.5 Å². The highest BCUT2D eigenvalue weighted by Gasteiger charge is 2.22. The number of carbonyl (C=O) groups excluding carboxylic acids is 1. The van der Waals surface area contributed by atoms with E-state index in [1.165, 1.54) is 0 Å². The number of carbonyl (C=O) groups is 1. The molecule has 1 N–H and O–H groups in total. The zero-order valence-electron chi connectivity index (χ0n) is 17.0. The summed E-state index contributed by atoms with van der Waals surface area (Å²) >= 11 is 0. The molecule has 0 saturated carbocycles. The van der Waals surface area contributed by atoms with Gasteiger partial charge in [-0.25, -0.2) is 0 Å². The van der Waals surface area contributed by atoms with Crippen LogP contribution in [0.3, 0.4) is 0 Å². The Labute approximate surface area is 175 Å². The number of methoxy groups -OCH3 is 1. The maximum absolute atomic E-state index is 13.0. The minimum atomic E-state index is -0.349. The molecule has 0 radical (unpaired) electrons. The van der Waals surface area contributed by atoms with Crippen LogP contribution >= 0.6 is 0 Å². The largest absolute Gasteiger partial charge is 0.497 e. The molecule has 0 spiro atoms. The molecular formula is C24H25N3O3. The summed E-state index contributed by atoms with van der Waals surface area (Å²) in [5, 5.41) is 0. The second-order valence-electron chi connectivity index (χ2n) is 7.31. The fourth-order valence-electron chi connectivity index (χ4n) is 3.77. The summed E-state index contributed by atoms with van der Waals surface area (Å²) in [5.74, 6) is 0.607. The number of anilines is 1. The van der Waals surface area contributed by atoms with Crippen molar-refractivity contribution in [2.45, 2.75) is 6.42 Å². The number of pyridine rings is 1. The summed E-state index contributed by atoms with van der Waals surface area (Å²) in [4.78, 5) is 32.5. The average Bonchev–Trinajstić information content (AvgIpc) is 3.05. The van der Waals surface area contributed by atoms with Crippen LogP contribution in [0.1, 0.15) is 16.8 Å². The molecule has 1 aromatic heterocycles. The van der Waals surface area contributed by atoms with Gasteiger partial charge in [0.15, 0.2) is 0 Å². The average molecular weight is 403 g/mol. The number of amides is 1. The Morgan fingerprint density at radius 2 is 1.67 bits per heavy atom. The molecule has 0 unspecified atom stereocenters. The number of ether oxygens (including phenoxy) is 1. The Kier molecular flexibility index (Phi) is 5.84. The highest BCUT2D eigenvalue weighted by Crippen LogP contribution is 2.21. The van der Waals surface area contributed by atoms with Crippen molar-refractivity contribution in [1.29, 1.82) is 0 Å². The second kappa shape index (κ2) is 8.86. The van der Waals surface area contributed by atoms with Gasteiger partial charge < -0.3 is 19.5 Å². The SMILES string of the molecule is COc1ccc(N2CCCN(C(=O)c3ccc(-c4ccccc4)[nH]c3=O)CC2)cc1. The molecule has 0 bridgehead atoms. The van der Waals surface area contributed by atoms with Crippen molar-refractivity contribution >= 4 is 11.6 Å². The van der Waals surface area contributed by atoms with Crippen molar-refractivity contribution < 1.29 is 9.53 Å². The fourth-order valence-corrected chi connectivity index (χ4v) is 3.77. The van der Waals surface area contributed by atoms with E-state index in [1.54, 1.807) is 24.1 Å². The topological polar surface area (TPSA) is 65.6 Å². The van der Waals surface area contributed by atoms with Gasteiger partial charge in [0.05, 0.1) is 7.11 Å². The van der Waals surface area contributed by atoms with Crippen molar-refractivity contribution in [1.82, 2.24) is 9.88 Å². The number of aromatic nitrogens is 1. The Bertz CT molecular complexity index is 1060. The summed E-state index contributed by atoms with van der Waals surface area (Å²) in [5.41, 5.74) is 2.57. The Morgan fingerprint density at radius 1 is 0.900 bits per heavy atom. The molecule has 0 aliphatic carbocycles. The van der Waals surface area contributed by atoms with E-state index >= 15 is 0 Å². The molecule has 1 saturated heterocycles. The predicted molar refractivity (Wildman–Crippen MR) is 118 cm³/mol. The molecule has 3 aromatic rings. The van der Waals surface area contributed by atoms with Crippen LogP contribution in [-0.2, 0) is 0 Å². The maximum Gasteiger partial charge on any atom is 0.261 e. The Morgan fingerprint density at radius 3 is 2.37 bits per heavy atom. The van der Waals surface area contributed by atoms with Gasteiger partial charge in [0.2, 0.25) is 0 Å². The van der Waals surface area contributed by atoms with Crippen LogP contribution in [0.5, 0.6) is 5.75 Å². The second-order valence-corrected chi connectivity index (χ2v) is 7.31. The summed E-state index contributed by atoms with van der Waals surface area (Å²) in [6.45, 7) is 2.79. The van der Waals surface area contributed by atoms with E-state index in [0.29, 0.717) is 18.8 Å². The highest BCUT2D eigenvalue weighted by atomic mass is 16.5. The van der Waals surface area contributed by atoms with Crippen LogP contribution in [0.25, 0.3) is 11.3 Å². The lowest BCUT2D eigenvalue weighted by Crippen LogP contribution is -2.37. The first-order valence-electron chi connectivity index (χ1n) is 10.1. The van der Waals surface area contributed by atoms with Crippen molar-refractivity contribution in [2.24, 2.45) is 0 Å². The van der Waals surface area contributed by atoms with Crippen molar-refractivity contribution in [2.75, 3.05) is 38.2 Å². The molecule has 2 heterocycles. The minimum Gasteiger partial charge on any atom is -0.497 e. The number of benzene rings is 2. The zero-order valence-corrected chi connectivity index (χ0v) is 17.0. The van der Waals surface area contributed by atoms with Crippen LogP contribution in [0.2, 0.25) is 0 Å². The number of aromatic amines is 1. The van der Waals surface area contributed by atoms with E-state index in [4.69, 9.17) is 4.74 Å². The summed E-state index contributed by atoms with van der Waals surface area (Å²) < 4.78 is 5.22. The minimum absolute atomic E-state index is 0.188. The van der Waals surface area contributed by atoms with Crippen LogP contribution in [-0.4, -0.2) is 49.1 Å². The van der Waals surface area contributed by atoms with Gasteiger partial charge >= 0.3 is 0 Å². The molecule has 30 heavy (non-hydrogen) atoms. The number of hydrogen-bond donors (Lipinski definition) is 1. The van der Waals surface area contributed by atoms with Gasteiger partial charge in [0, 0.05) is 37.6 Å². The Hall–Kier alpha value is -3.54. The maximum atomic E-state index is 13.0. The van der Waals surface area contributed by atoms with Crippen LogP contribution < -0.4 is 15.2 Å². The van der Waals surface area contributed by atoms with Crippen molar-refractivity contribution in [3.05, 3.63) is 82.6 Å². The molecular weight excluding hydrogens is 378 g/mol. The third kappa shape index (κ3) is 4.22. The summed E-state index contributed by atoms with van der Waals surface area (Å²) in [6.07, 6.45) is 0.845. The van der Waals surface area contributed by atoms with Gasteiger partial charge in [-0.2, -0.15) is 0 Å². The lowest BCUT2D eigenvalue weighted by molar-refractivity contribution is 0.0765. The van der Waals surface area contributed by atoms with E-state index in [1.807, 2.05) is 54.6 Å². The summed E-state index contributed by atoms with van der Waals surface area (Å²) in [6, 6.07) is 21.0. The molecule has 2 aromatic carbocycles. The van der Waals surface area contributed by atoms with E-state index in [0.717, 1.165) is 36.5 Å². The quantitative estimate of drug-likeness (QED) is 0.725. The van der Waals surface area contributed by atoms with Gasteiger partial charge in [-0.3, -0.25) is 9.59 Å². The smallest absolute Gasteiger partial charge is 0.261 e. The fraction of sp³-hybridized carbons (Fsp3) is 0.250. The molecule has 154 valence electrons. The Balaban J connectivity index is 1.46. The van der Waals surface area contributed by atoms with E-state index in [2.05, 4.69) is 9.88 Å². The highest BCUT2D eigenvalue weighted by molar-refractivity contribution is 5.94. The molecule has 4 rings (SSSR count). The number of hydrogen-bond acceptors (Lipinski definition) is 4. The van der Waals surface area contributed by atoms with Gasteiger partial charge in [-0.1, -0.05) is 30.3 Å². The van der Waals surface area contributed by atoms with Gasteiger partial charge in [-0.05, 0) is 48.4 Å². The van der Waals surface area contributed by atoms with Gasteiger partial charge in [0.1, 0.15) is 11.3 Å². The third-order valence-corrected chi connectivity index (χ3v) is 5.45. The normalized spacial score (nSPS) is 14.3. The van der Waals surface area contributed by atoms with Crippen molar-refractivity contribution in [3.63, 3.8) is 0 Å². The van der Waals surface area contributed by atoms with Crippen LogP contribution in [0.4, 0.5) is 5.69 Å². The number of nitrogens with zero attached hydrogens (tertiary/aromatic N) is 2. The monoisotopic (exact) mass is 403 g/mol. The number of H-pyrrole nitrogens is 1. The molecule has 1 fully saturated rings. The number of nitrogens with one attached hydrogen (secondary N) is 1. The molecule has 1 aliphatic heterocycles. The molecule has 1 aliphatic rings. The van der Waals surface area contributed by atoms with E-state index in [-0.39, 0.29) is 17.0 Å². The summed E-state index contributed by atoms with van der Waals surface area (Å²) in [7, 11) is 1.65. The lowest BCUT2D eigenvalue weighted by Gasteiger charge is -2.24. The first-order valence-corrected chi connectivity index (χ1v) is 10.1. The first-order chi connectivity index (χ1) is 14.7. The van der Waals surface area contributed by atoms with Crippen molar-refractivity contribution in [3.8, 4) is 17.0 Å².